The molecule has 0 unspecified atom stereocenters. The zero-order valence-electron chi connectivity index (χ0n) is 17.5. The first kappa shape index (κ1) is 20.9. The van der Waals surface area contributed by atoms with Gasteiger partial charge in [-0.25, -0.2) is 4.68 Å². The molecule has 0 saturated carbocycles. The van der Waals surface area contributed by atoms with E-state index in [1.807, 2.05) is 31.5 Å². The number of thiophene rings is 1. The fourth-order valence-corrected chi connectivity index (χ4v) is 3.43. The highest BCUT2D eigenvalue weighted by molar-refractivity contribution is 7.18. The van der Waals surface area contributed by atoms with E-state index in [-0.39, 0.29) is 28.5 Å². The number of carbonyl (C=O) groups excluding carboxylic acids is 2. The molecule has 0 aliphatic carbocycles. The maximum Gasteiger partial charge on any atom is 0.291 e. The molecule has 154 valence electrons. The summed E-state index contributed by atoms with van der Waals surface area (Å²) in [5.74, 6) is 0.249. The third kappa shape index (κ3) is 4.76. The highest BCUT2D eigenvalue weighted by Gasteiger charge is 2.26. The molecule has 3 heterocycles. The Morgan fingerprint density at radius 2 is 1.76 bits per heavy atom. The van der Waals surface area contributed by atoms with Crippen LogP contribution in [0.1, 0.15) is 67.5 Å². The number of carbonyl (C=O) groups is 2. The normalized spacial score (nSPS) is 12.1. The number of furan rings is 1. The summed E-state index contributed by atoms with van der Waals surface area (Å²) in [7, 11) is 0. The van der Waals surface area contributed by atoms with E-state index in [4.69, 9.17) is 9.52 Å². The van der Waals surface area contributed by atoms with Gasteiger partial charge in [-0.05, 0) is 45.0 Å². The lowest BCUT2D eigenvalue weighted by atomic mass is 9.92. The van der Waals surface area contributed by atoms with Gasteiger partial charge in [0.15, 0.2) is 5.76 Å². The third-order valence-corrected chi connectivity index (χ3v) is 5.17. The minimum Gasteiger partial charge on any atom is -0.459 e. The summed E-state index contributed by atoms with van der Waals surface area (Å²) < 4.78 is 6.91. The van der Waals surface area contributed by atoms with Crippen LogP contribution in [0.25, 0.3) is 0 Å². The van der Waals surface area contributed by atoms with Crippen molar-refractivity contribution in [3.8, 4) is 0 Å². The van der Waals surface area contributed by atoms with E-state index < -0.39 is 0 Å². The number of hydrogen-bond acceptors (Lipinski definition) is 5. The van der Waals surface area contributed by atoms with Crippen molar-refractivity contribution in [3.05, 3.63) is 52.9 Å². The molecule has 0 aliphatic rings. The number of nitrogens with one attached hydrogen (secondary N) is 2. The summed E-state index contributed by atoms with van der Waals surface area (Å²) in [5, 5.41) is 11.0. The Labute approximate surface area is 174 Å². The van der Waals surface area contributed by atoms with Crippen LogP contribution in [0, 0.1) is 0 Å². The average Bonchev–Trinajstić information content (AvgIpc) is 3.33. The Bertz CT molecular complexity index is 1020. The van der Waals surface area contributed by atoms with Gasteiger partial charge < -0.3 is 15.1 Å². The van der Waals surface area contributed by atoms with E-state index in [0.717, 1.165) is 5.69 Å². The van der Waals surface area contributed by atoms with E-state index in [9.17, 15) is 9.59 Å². The Kier molecular flexibility index (Phi) is 5.40. The number of anilines is 2. The molecule has 8 heteroatoms. The SMILES string of the molecule is CC(C)(C)c1cc(NC(=O)c2ccc(NC(=O)c3ccco3)s2)n(C(C)(C)C)n1. The van der Waals surface area contributed by atoms with Crippen LogP contribution in [-0.2, 0) is 11.0 Å². The molecule has 0 atom stereocenters. The minimum atomic E-state index is -0.357. The molecule has 0 saturated heterocycles. The number of rotatable bonds is 4. The molecule has 3 aromatic heterocycles. The molecule has 0 aromatic carbocycles. The molecule has 2 amide bonds. The van der Waals surface area contributed by atoms with Crippen LogP contribution < -0.4 is 10.6 Å². The molecule has 0 bridgehead atoms. The van der Waals surface area contributed by atoms with Crippen LogP contribution in [0.4, 0.5) is 10.8 Å². The fourth-order valence-electron chi connectivity index (χ4n) is 2.63. The molecule has 0 spiro atoms. The fraction of sp³-hybridized carbons (Fsp3) is 0.381. The Balaban J connectivity index is 1.78. The lowest BCUT2D eigenvalue weighted by Crippen LogP contribution is -2.27. The van der Waals surface area contributed by atoms with Crippen LogP contribution in [0.3, 0.4) is 0 Å². The second kappa shape index (κ2) is 7.51. The van der Waals surface area contributed by atoms with Crippen molar-refractivity contribution >= 4 is 34.0 Å². The van der Waals surface area contributed by atoms with Gasteiger partial charge in [0, 0.05) is 11.5 Å². The molecule has 0 radical (unpaired) electrons. The smallest absolute Gasteiger partial charge is 0.291 e. The van der Waals surface area contributed by atoms with E-state index in [1.54, 1.807) is 24.3 Å². The molecule has 3 aromatic rings. The largest absolute Gasteiger partial charge is 0.459 e. The van der Waals surface area contributed by atoms with E-state index >= 15 is 0 Å². The van der Waals surface area contributed by atoms with Crippen molar-refractivity contribution < 1.29 is 14.0 Å². The zero-order chi connectivity index (χ0) is 21.4. The lowest BCUT2D eigenvalue weighted by Gasteiger charge is -2.22. The van der Waals surface area contributed by atoms with E-state index in [0.29, 0.717) is 15.7 Å². The molecule has 7 nitrogen and oxygen atoms in total. The van der Waals surface area contributed by atoms with E-state index in [2.05, 4.69) is 31.4 Å². The van der Waals surface area contributed by atoms with Gasteiger partial charge in [0.05, 0.1) is 27.4 Å². The molecule has 3 rings (SSSR count). The molecule has 2 N–H and O–H groups in total. The molecular formula is C21H26N4O3S. The molecule has 29 heavy (non-hydrogen) atoms. The summed E-state index contributed by atoms with van der Waals surface area (Å²) in [6.45, 7) is 12.4. The summed E-state index contributed by atoms with van der Waals surface area (Å²) in [6.07, 6.45) is 1.44. The predicted octanol–water partition coefficient (Wildman–Crippen LogP) is 5.09. The minimum absolute atomic E-state index is 0.137. The predicted molar refractivity (Wildman–Crippen MR) is 115 cm³/mol. The van der Waals surface area contributed by atoms with Gasteiger partial charge in [-0.1, -0.05) is 20.8 Å². The summed E-state index contributed by atoms with van der Waals surface area (Å²) in [4.78, 5) is 25.4. The molecule has 0 aliphatic heterocycles. The number of amides is 2. The first-order valence-electron chi connectivity index (χ1n) is 9.32. The van der Waals surface area contributed by atoms with Gasteiger partial charge in [0.25, 0.3) is 11.8 Å². The molecule has 0 fully saturated rings. The summed E-state index contributed by atoms with van der Waals surface area (Å²) >= 11 is 1.20. The van der Waals surface area contributed by atoms with Gasteiger partial charge in [0.2, 0.25) is 0 Å². The van der Waals surface area contributed by atoms with Crippen LogP contribution in [0.2, 0.25) is 0 Å². The number of aromatic nitrogens is 2. The van der Waals surface area contributed by atoms with Crippen LogP contribution in [0.15, 0.2) is 41.0 Å². The van der Waals surface area contributed by atoms with Gasteiger partial charge in [0.1, 0.15) is 5.82 Å². The van der Waals surface area contributed by atoms with Gasteiger partial charge in [-0.3, -0.25) is 9.59 Å². The van der Waals surface area contributed by atoms with Gasteiger partial charge >= 0.3 is 0 Å². The Hall–Kier alpha value is -2.87. The first-order chi connectivity index (χ1) is 13.4. The zero-order valence-corrected chi connectivity index (χ0v) is 18.3. The van der Waals surface area contributed by atoms with Crippen LogP contribution in [0.5, 0.6) is 0 Å². The molecular weight excluding hydrogens is 388 g/mol. The van der Waals surface area contributed by atoms with Gasteiger partial charge in [-0.2, -0.15) is 5.10 Å². The van der Waals surface area contributed by atoms with Crippen LogP contribution >= 0.6 is 11.3 Å². The van der Waals surface area contributed by atoms with Gasteiger partial charge in [-0.15, -0.1) is 11.3 Å². The highest BCUT2D eigenvalue weighted by Crippen LogP contribution is 2.29. The third-order valence-electron chi connectivity index (χ3n) is 4.17. The van der Waals surface area contributed by atoms with Crippen molar-refractivity contribution in [3.63, 3.8) is 0 Å². The Morgan fingerprint density at radius 3 is 2.34 bits per heavy atom. The first-order valence-corrected chi connectivity index (χ1v) is 10.1. The lowest BCUT2D eigenvalue weighted by molar-refractivity contribution is 0.0994. The van der Waals surface area contributed by atoms with E-state index in [1.165, 1.54) is 17.6 Å². The van der Waals surface area contributed by atoms with Crippen molar-refractivity contribution in [2.45, 2.75) is 52.5 Å². The summed E-state index contributed by atoms with van der Waals surface area (Å²) in [5.41, 5.74) is 0.478. The standard InChI is InChI=1S/C21H26N4O3S/c1-20(2,3)15-12-16(25(24-15)21(4,5)6)22-19(27)14-9-10-17(29-14)23-18(26)13-8-7-11-28-13/h7-12H,1-6H3,(H,22,27)(H,23,26). The highest BCUT2D eigenvalue weighted by atomic mass is 32.1. The number of hydrogen-bond donors (Lipinski definition) is 2. The maximum atomic E-state index is 12.8. The summed E-state index contributed by atoms with van der Waals surface area (Å²) in [6, 6.07) is 8.52. The monoisotopic (exact) mass is 414 g/mol. The second-order valence-corrected chi connectivity index (χ2v) is 9.88. The average molecular weight is 415 g/mol. The topological polar surface area (TPSA) is 89.2 Å². The van der Waals surface area contributed by atoms with Crippen LogP contribution in [-0.4, -0.2) is 21.6 Å². The van der Waals surface area contributed by atoms with Crippen molar-refractivity contribution in [2.24, 2.45) is 0 Å². The second-order valence-electron chi connectivity index (χ2n) is 8.80. The quantitative estimate of drug-likeness (QED) is 0.622. The van der Waals surface area contributed by atoms with Crippen molar-refractivity contribution in [1.82, 2.24) is 9.78 Å². The Morgan fingerprint density at radius 1 is 1.03 bits per heavy atom. The maximum absolute atomic E-state index is 12.8. The van der Waals surface area contributed by atoms with Crippen molar-refractivity contribution in [2.75, 3.05) is 10.6 Å². The number of nitrogens with zero attached hydrogens (tertiary/aromatic N) is 2. The van der Waals surface area contributed by atoms with Crippen molar-refractivity contribution in [1.29, 1.82) is 0 Å².